The van der Waals surface area contributed by atoms with Crippen LogP contribution in [0.1, 0.15) is 33.9 Å². The van der Waals surface area contributed by atoms with Gasteiger partial charge in [-0.15, -0.1) is 0 Å². The number of phenolic OH excluding ortho intramolecular Hbond substituents is 1. The summed E-state index contributed by atoms with van der Waals surface area (Å²) < 4.78 is 5.64. The van der Waals surface area contributed by atoms with Gasteiger partial charge in [-0.3, -0.25) is 0 Å². The van der Waals surface area contributed by atoms with Crippen molar-refractivity contribution in [1.29, 1.82) is 0 Å². The van der Waals surface area contributed by atoms with Crippen LogP contribution in [0.3, 0.4) is 0 Å². The number of phenols is 1. The highest BCUT2D eigenvalue weighted by atomic mass is 35.5. The van der Waals surface area contributed by atoms with Gasteiger partial charge in [-0.2, -0.15) is 0 Å². The highest BCUT2D eigenvalue weighted by Gasteiger charge is 2.45. The molecule has 0 saturated carbocycles. The van der Waals surface area contributed by atoms with Crippen molar-refractivity contribution in [2.24, 2.45) is 0 Å². The first-order valence-electron chi connectivity index (χ1n) is 10.1. The molecule has 0 amide bonds. The Morgan fingerprint density at radius 3 is 2.30 bits per heavy atom. The average Bonchev–Trinajstić information content (AvgIpc) is 2.68. The van der Waals surface area contributed by atoms with Crippen molar-refractivity contribution in [2.45, 2.75) is 48.6 Å². The molecule has 0 radical (unpaired) electrons. The van der Waals surface area contributed by atoms with Crippen LogP contribution in [-0.2, 0) is 22.8 Å². The lowest BCUT2D eigenvalue weighted by Crippen LogP contribution is -2.55. The quantitative estimate of drug-likeness (QED) is 0.403. The van der Waals surface area contributed by atoms with Gasteiger partial charge in [0, 0.05) is 10.6 Å². The Labute approximate surface area is 181 Å². The summed E-state index contributed by atoms with van der Waals surface area (Å²) in [6, 6.07) is 9.45. The first-order valence-corrected chi connectivity index (χ1v) is 10.5. The molecular weight excluding hydrogens is 405 g/mol. The molecule has 0 unspecified atom stereocenters. The number of aryl methyl sites for hydroxylation is 2. The second-order valence-corrected chi connectivity index (χ2v) is 9.16. The Kier molecular flexibility index (Phi) is 5.68. The highest BCUT2D eigenvalue weighted by Crippen LogP contribution is 2.42. The van der Waals surface area contributed by atoms with Crippen molar-refractivity contribution in [2.75, 3.05) is 6.61 Å². The number of hydrogen-bond acceptors (Lipinski definition) is 6. The SMILES string of the molecule is BC(B)(c1ccc2c(c1)CC2)c1cc([C@@H]2O[C@H](CO)[C@@H](O)[C@H](O)[C@H]2O)c(O)cc1Cl. The third kappa shape index (κ3) is 3.45. The average molecular weight is 431 g/mol. The van der Waals surface area contributed by atoms with Crippen LogP contribution in [0.4, 0.5) is 0 Å². The molecule has 158 valence electrons. The van der Waals surface area contributed by atoms with Gasteiger partial charge in [0.15, 0.2) is 0 Å². The molecule has 4 rings (SSSR count). The molecule has 6 nitrogen and oxygen atoms in total. The summed E-state index contributed by atoms with van der Waals surface area (Å²) >= 11 is 6.51. The topological polar surface area (TPSA) is 110 Å². The zero-order valence-corrected chi connectivity index (χ0v) is 17.7. The Balaban J connectivity index is 1.76. The number of ether oxygens (including phenoxy) is 1. The van der Waals surface area contributed by atoms with Gasteiger partial charge in [-0.05, 0) is 46.9 Å². The Hall–Kier alpha value is -1.54. The van der Waals surface area contributed by atoms with Gasteiger partial charge in [0.05, 0.1) is 6.61 Å². The second-order valence-electron chi connectivity index (χ2n) is 8.75. The molecule has 2 aromatic carbocycles. The van der Waals surface area contributed by atoms with Crippen molar-refractivity contribution in [1.82, 2.24) is 0 Å². The summed E-state index contributed by atoms with van der Waals surface area (Å²) in [6.07, 6.45) is -4.52. The lowest BCUT2D eigenvalue weighted by Gasteiger charge is -2.41. The Bertz CT molecular complexity index is 967. The number of hydrogen-bond donors (Lipinski definition) is 5. The number of aromatic hydroxyl groups is 1. The summed E-state index contributed by atoms with van der Waals surface area (Å²) in [4.78, 5) is 0. The normalized spacial score (nSPS) is 28.6. The van der Waals surface area contributed by atoms with Crippen LogP contribution in [0.15, 0.2) is 30.3 Å². The van der Waals surface area contributed by atoms with Crippen LogP contribution < -0.4 is 0 Å². The van der Waals surface area contributed by atoms with Gasteiger partial charge >= 0.3 is 0 Å². The van der Waals surface area contributed by atoms with E-state index in [1.54, 1.807) is 6.07 Å². The number of benzene rings is 2. The molecule has 0 bridgehead atoms. The third-order valence-electron chi connectivity index (χ3n) is 6.58. The van der Waals surface area contributed by atoms with Crippen molar-refractivity contribution < 1.29 is 30.3 Å². The van der Waals surface area contributed by atoms with Crippen LogP contribution >= 0.6 is 11.6 Å². The maximum atomic E-state index is 10.5. The van der Waals surface area contributed by atoms with E-state index in [1.807, 2.05) is 15.7 Å². The van der Waals surface area contributed by atoms with Crippen LogP contribution in [0, 0.1) is 0 Å². The second kappa shape index (κ2) is 7.86. The summed E-state index contributed by atoms with van der Waals surface area (Å²) in [7, 11) is 4.06. The Morgan fingerprint density at radius 1 is 1.00 bits per heavy atom. The zero-order chi connectivity index (χ0) is 21.8. The van der Waals surface area contributed by atoms with E-state index in [9.17, 15) is 25.5 Å². The summed E-state index contributed by atoms with van der Waals surface area (Å²) in [6.45, 7) is -0.538. The minimum Gasteiger partial charge on any atom is -0.508 e. The van der Waals surface area contributed by atoms with Crippen molar-refractivity contribution >= 4 is 27.3 Å². The number of fused-ring (bicyclic) bond motifs is 1. The smallest absolute Gasteiger partial charge is 0.122 e. The summed E-state index contributed by atoms with van der Waals surface area (Å²) in [5, 5.41) is 50.6. The molecular formula is C21H25B2ClO6. The number of aliphatic hydroxyl groups excluding tert-OH is 4. The number of rotatable bonds is 4. The zero-order valence-electron chi connectivity index (χ0n) is 16.9. The largest absolute Gasteiger partial charge is 0.508 e. The van der Waals surface area contributed by atoms with E-state index in [0.29, 0.717) is 5.02 Å². The molecule has 1 aliphatic carbocycles. The fourth-order valence-electron chi connectivity index (χ4n) is 4.38. The van der Waals surface area contributed by atoms with Crippen LogP contribution in [0.5, 0.6) is 5.75 Å². The minimum absolute atomic E-state index is 0.193. The first-order chi connectivity index (χ1) is 14.1. The fraction of sp³-hybridized carbons (Fsp3) is 0.429. The molecule has 5 N–H and O–H groups in total. The number of halogens is 1. The molecule has 30 heavy (non-hydrogen) atoms. The van der Waals surface area contributed by atoms with Crippen molar-refractivity contribution in [3.05, 3.63) is 63.2 Å². The molecule has 1 heterocycles. The standard InChI is InChI=1S/C21H25B2ClO6/c22-21(23,11-4-3-9-1-2-10(9)5-11)13-6-12(15(26)7-14(13)24)20-19(29)18(28)17(27)16(8-25)30-20/h3-7,16-20,25-29H,1-2,8,22-23H2/t16-,17-,18+,19-,20+/m1/s1. The van der Waals surface area contributed by atoms with E-state index >= 15 is 0 Å². The molecule has 0 aromatic heterocycles. The van der Waals surface area contributed by atoms with E-state index in [1.165, 1.54) is 17.2 Å². The molecule has 5 atom stereocenters. The molecule has 0 spiro atoms. The molecule has 1 aliphatic heterocycles. The first kappa shape index (κ1) is 21.7. The highest BCUT2D eigenvalue weighted by molar-refractivity contribution is 6.44. The molecule has 9 heteroatoms. The van der Waals surface area contributed by atoms with Gasteiger partial charge < -0.3 is 30.3 Å². The van der Waals surface area contributed by atoms with Crippen LogP contribution in [0.25, 0.3) is 0 Å². The monoisotopic (exact) mass is 430 g/mol. The van der Waals surface area contributed by atoms with Gasteiger partial charge in [0.1, 0.15) is 52.0 Å². The van der Waals surface area contributed by atoms with E-state index in [4.69, 9.17) is 16.3 Å². The van der Waals surface area contributed by atoms with Gasteiger partial charge in [0.2, 0.25) is 0 Å². The predicted molar refractivity (Wildman–Crippen MR) is 118 cm³/mol. The third-order valence-corrected chi connectivity index (χ3v) is 6.89. The van der Waals surface area contributed by atoms with E-state index in [2.05, 4.69) is 18.2 Å². The Morgan fingerprint density at radius 2 is 1.70 bits per heavy atom. The van der Waals surface area contributed by atoms with E-state index < -0.39 is 42.3 Å². The molecule has 2 aliphatic rings. The maximum Gasteiger partial charge on any atom is 0.122 e. The van der Waals surface area contributed by atoms with Crippen LogP contribution in [-0.4, -0.2) is 72.2 Å². The molecule has 1 saturated heterocycles. The van der Waals surface area contributed by atoms with Crippen molar-refractivity contribution in [3.63, 3.8) is 0 Å². The number of aliphatic hydroxyl groups is 4. The maximum absolute atomic E-state index is 10.5. The van der Waals surface area contributed by atoms with Gasteiger partial charge in [-0.25, -0.2) is 0 Å². The summed E-state index contributed by atoms with van der Waals surface area (Å²) in [5.41, 5.74) is 4.72. The predicted octanol–water partition coefficient (Wildman–Crippen LogP) is -0.874. The fourth-order valence-corrected chi connectivity index (χ4v) is 4.78. The van der Waals surface area contributed by atoms with E-state index in [-0.39, 0.29) is 11.3 Å². The summed E-state index contributed by atoms with van der Waals surface area (Å²) in [5.74, 6) is -0.193. The van der Waals surface area contributed by atoms with Gasteiger partial charge in [-0.1, -0.05) is 35.4 Å². The van der Waals surface area contributed by atoms with Crippen LogP contribution in [0.2, 0.25) is 5.02 Å². The lowest BCUT2D eigenvalue weighted by molar-refractivity contribution is -0.232. The minimum atomic E-state index is -1.53. The molecule has 1 fully saturated rings. The van der Waals surface area contributed by atoms with E-state index in [0.717, 1.165) is 24.0 Å². The lowest BCUT2D eigenvalue weighted by atomic mass is 9.47. The van der Waals surface area contributed by atoms with Crippen molar-refractivity contribution in [3.8, 4) is 5.75 Å². The molecule has 2 aromatic rings. The van der Waals surface area contributed by atoms with Gasteiger partial charge in [0.25, 0.3) is 0 Å².